The predicted molar refractivity (Wildman–Crippen MR) is 63.1 cm³/mol. The summed E-state index contributed by atoms with van der Waals surface area (Å²) in [5, 5.41) is 14.5. The molecule has 0 spiro atoms. The SMILES string of the molecule is Cn1cc(C(O)C(C)(C)N2CCCC2)cn1. The summed E-state index contributed by atoms with van der Waals surface area (Å²) in [7, 11) is 1.87. The number of aliphatic hydroxyl groups is 1. The Morgan fingerprint density at radius 3 is 2.50 bits per heavy atom. The van der Waals surface area contributed by atoms with Crippen LogP contribution in [-0.2, 0) is 7.05 Å². The van der Waals surface area contributed by atoms with Crippen molar-refractivity contribution < 1.29 is 5.11 Å². The molecule has 0 amide bonds. The summed E-state index contributed by atoms with van der Waals surface area (Å²) in [6, 6.07) is 0. The highest BCUT2D eigenvalue weighted by Crippen LogP contribution is 2.32. The van der Waals surface area contributed by atoms with Gasteiger partial charge in [0.15, 0.2) is 0 Å². The van der Waals surface area contributed by atoms with E-state index in [1.54, 1.807) is 10.9 Å². The first-order valence-corrected chi connectivity index (χ1v) is 5.93. The molecule has 1 fully saturated rings. The zero-order valence-electron chi connectivity index (χ0n) is 10.3. The van der Waals surface area contributed by atoms with E-state index < -0.39 is 6.10 Å². The second kappa shape index (κ2) is 4.18. The third-order valence-corrected chi connectivity index (χ3v) is 3.63. The predicted octanol–water partition coefficient (Wildman–Crippen LogP) is 1.33. The van der Waals surface area contributed by atoms with Crippen LogP contribution in [0, 0.1) is 0 Å². The lowest BCUT2D eigenvalue weighted by Crippen LogP contribution is -2.46. The maximum atomic E-state index is 10.4. The molecular formula is C12H21N3O. The Balaban J connectivity index is 2.15. The third-order valence-electron chi connectivity index (χ3n) is 3.63. The fourth-order valence-corrected chi connectivity index (χ4v) is 2.46. The molecular weight excluding hydrogens is 202 g/mol. The van der Waals surface area contributed by atoms with Crippen LogP contribution < -0.4 is 0 Å². The Kier molecular flexibility index (Phi) is 3.04. The normalized spacial score (nSPS) is 20.2. The molecule has 2 rings (SSSR count). The molecule has 2 heterocycles. The highest BCUT2D eigenvalue weighted by molar-refractivity contribution is 5.13. The molecule has 0 radical (unpaired) electrons. The lowest BCUT2D eigenvalue weighted by Gasteiger charge is -2.39. The topological polar surface area (TPSA) is 41.3 Å². The van der Waals surface area contributed by atoms with Gasteiger partial charge in [-0.3, -0.25) is 9.58 Å². The van der Waals surface area contributed by atoms with Crippen LogP contribution >= 0.6 is 0 Å². The van der Waals surface area contributed by atoms with Crippen LogP contribution in [0.3, 0.4) is 0 Å². The molecule has 16 heavy (non-hydrogen) atoms. The van der Waals surface area contributed by atoms with Crippen molar-refractivity contribution in [3.8, 4) is 0 Å². The highest BCUT2D eigenvalue weighted by Gasteiger charge is 2.37. The first-order chi connectivity index (χ1) is 7.51. The van der Waals surface area contributed by atoms with Crippen LogP contribution in [0.1, 0.15) is 38.4 Å². The minimum absolute atomic E-state index is 0.209. The molecule has 0 bridgehead atoms. The van der Waals surface area contributed by atoms with Gasteiger partial charge in [0.1, 0.15) is 0 Å². The van der Waals surface area contributed by atoms with E-state index >= 15 is 0 Å². The summed E-state index contributed by atoms with van der Waals surface area (Å²) < 4.78 is 1.73. The fraction of sp³-hybridized carbons (Fsp3) is 0.750. The molecule has 1 aliphatic heterocycles. The number of nitrogens with zero attached hydrogens (tertiary/aromatic N) is 3. The minimum Gasteiger partial charge on any atom is -0.386 e. The fourth-order valence-electron chi connectivity index (χ4n) is 2.46. The molecule has 1 aromatic heterocycles. The molecule has 1 aromatic rings. The van der Waals surface area contributed by atoms with Gasteiger partial charge in [-0.2, -0.15) is 5.10 Å². The molecule has 1 aliphatic rings. The van der Waals surface area contributed by atoms with Gasteiger partial charge < -0.3 is 5.11 Å². The number of likely N-dealkylation sites (tertiary alicyclic amines) is 1. The smallest absolute Gasteiger partial charge is 0.0998 e. The van der Waals surface area contributed by atoms with Crippen molar-refractivity contribution >= 4 is 0 Å². The first-order valence-electron chi connectivity index (χ1n) is 5.93. The largest absolute Gasteiger partial charge is 0.386 e. The van der Waals surface area contributed by atoms with E-state index in [9.17, 15) is 5.11 Å². The molecule has 0 aromatic carbocycles. The average molecular weight is 223 g/mol. The number of hydrogen-bond donors (Lipinski definition) is 1. The quantitative estimate of drug-likeness (QED) is 0.840. The second-order valence-electron chi connectivity index (χ2n) is 5.20. The van der Waals surface area contributed by atoms with Crippen molar-refractivity contribution in [1.29, 1.82) is 0 Å². The lowest BCUT2D eigenvalue weighted by atomic mass is 9.91. The van der Waals surface area contributed by atoms with E-state index in [0.717, 1.165) is 18.7 Å². The Bertz CT molecular complexity index is 353. The molecule has 90 valence electrons. The number of hydrogen-bond acceptors (Lipinski definition) is 3. The molecule has 1 atom stereocenters. The van der Waals surface area contributed by atoms with Crippen LogP contribution in [0.15, 0.2) is 12.4 Å². The number of aryl methyl sites for hydroxylation is 1. The van der Waals surface area contributed by atoms with E-state index in [4.69, 9.17) is 0 Å². The minimum atomic E-state index is -0.473. The monoisotopic (exact) mass is 223 g/mol. The first kappa shape index (κ1) is 11.6. The molecule has 1 saturated heterocycles. The number of aromatic nitrogens is 2. The van der Waals surface area contributed by atoms with E-state index in [1.807, 2.05) is 13.2 Å². The average Bonchev–Trinajstić information content (AvgIpc) is 2.86. The number of aliphatic hydroxyl groups excluding tert-OH is 1. The van der Waals surface area contributed by atoms with Crippen molar-refractivity contribution in [1.82, 2.24) is 14.7 Å². The number of rotatable bonds is 3. The summed E-state index contributed by atoms with van der Waals surface area (Å²) in [5.41, 5.74) is 0.693. The Labute approximate surface area is 96.9 Å². The molecule has 4 heteroatoms. The third kappa shape index (κ3) is 1.99. The molecule has 1 N–H and O–H groups in total. The van der Waals surface area contributed by atoms with Crippen molar-refractivity contribution in [2.24, 2.45) is 7.05 Å². The van der Waals surface area contributed by atoms with Crippen LogP contribution in [-0.4, -0.2) is 38.4 Å². The summed E-state index contributed by atoms with van der Waals surface area (Å²) in [6.45, 7) is 6.39. The zero-order chi connectivity index (χ0) is 11.8. The maximum Gasteiger partial charge on any atom is 0.0998 e. The van der Waals surface area contributed by atoms with Gasteiger partial charge in [-0.05, 0) is 39.8 Å². The molecule has 4 nitrogen and oxygen atoms in total. The van der Waals surface area contributed by atoms with Gasteiger partial charge in [-0.1, -0.05) is 0 Å². The van der Waals surface area contributed by atoms with E-state index in [0.29, 0.717) is 0 Å². The lowest BCUT2D eigenvalue weighted by molar-refractivity contribution is 0.00129. The molecule has 0 aliphatic carbocycles. The van der Waals surface area contributed by atoms with Gasteiger partial charge in [0.25, 0.3) is 0 Å². The summed E-state index contributed by atoms with van der Waals surface area (Å²) in [6.07, 6.45) is 5.65. The second-order valence-corrected chi connectivity index (χ2v) is 5.20. The van der Waals surface area contributed by atoms with Crippen LogP contribution in [0.25, 0.3) is 0 Å². The highest BCUT2D eigenvalue weighted by atomic mass is 16.3. The van der Waals surface area contributed by atoms with Gasteiger partial charge >= 0.3 is 0 Å². The maximum absolute atomic E-state index is 10.4. The Morgan fingerprint density at radius 1 is 1.38 bits per heavy atom. The van der Waals surface area contributed by atoms with Crippen LogP contribution in [0.2, 0.25) is 0 Å². The van der Waals surface area contributed by atoms with Crippen molar-refractivity contribution in [3.63, 3.8) is 0 Å². The van der Waals surface area contributed by atoms with Gasteiger partial charge in [0.2, 0.25) is 0 Å². The van der Waals surface area contributed by atoms with E-state index in [2.05, 4.69) is 23.8 Å². The van der Waals surface area contributed by atoms with E-state index in [-0.39, 0.29) is 5.54 Å². The molecule has 0 saturated carbocycles. The van der Waals surface area contributed by atoms with Crippen molar-refractivity contribution in [2.45, 2.75) is 38.3 Å². The van der Waals surface area contributed by atoms with Gasteiger partial charge in [0.05, 0.1) is 12.3 Å². The van der Waals surface area contributed by atoms with Crippen LogP contribution in [0.5, 0.6) is 0 Å². The molecule has 1 unspecified atom stereocenters. The van der Waals surface area contributed by atoms with E-state index in [1.165, 1.54) is 12.8 Å². The van der Waals surface area contributed by atoms with Gasteiger partial charge in [-0.25, -0.2) is 0 Å². The zero-order valence-corrected chi connectivity index (χ0v) is 10.3. The van der Waals surface area contributed by atoms with Gasteiger partial charge in [-0.15, -0.1) is 0 Å². The standard InChI is InChI=1S/C12H21N3O/c1-12(2,15-6-4-5-7-15)11(16)10-8-13-14(3)9-10/h8-9,11,16H,4-7H2,1-3H3. The Hall–Kier alpha value is -0.870. The Morgan fingerprint density at radius 2 is 2.00 bits per heavy atom. The summed E-state index contributed by atoms with van der Waals surface area (Å²) in [4.78, 5) is 2.37. The van der Waals surface area contributed by atoms with Crippen LogP contribution in [0.4, 0.5) is 0 Å². The summed E-state index contributed by atoms with van der Waals surface area (Å²) >= 11 is 0. The summed E-state index contributed by atoms with van der Waals surface area (Å²) in [5.74, 6) is 0. The van der Waals surface area contributed by atoms with Gasteiger partial charge in [0, 0.05) is 24.3 Å². The van der Waals surface area contributed by atoms with Crippen molar-refractivity contribution in [3.05, 3.63) is 18.0 Å². The van der Waals surface area contributed by atoms with Crippen molar-refractivity contribution in [2.75, 3.05) is 13.1 Å².